The Kier molecular flexibility index (Phi) is 2.20. The summed E-state index contributed by atoms with van der Waals surface area (Å²) in [5.74, 6) is 0.208. The second-order valence-corrected chi connectivity index (χ2v) is 2.99. The van der Waals surface area contributed by atoms with Gasteiger partial charge in [-0.2, -0.15) is 5.10 Å². The minimum Gasteiger partial charge on any atom is -0.506 e. The number of nitrogens with two attached hydrogens (primary N) is 1. The standard InChI is InChI=1S/C10H11N3O/c11-5-8-6-12-13(7-8)9-3-1-2-4-10(9)14/h1-4,6-7,14H,5,11H2. The normalized spacial score (nSPS) is 10.4. The Balaban J connectivity index is 2.44. The van der Waals surface area contributed by atoms with E-state index in [1.54, 1.807) is 35.3 Å². The van der Waals surface area contributed by atoms with Gasteiger partial charge in [-0.3, -0.25) is 0 Å². The SMILES string of the molecule is NCc1cnn(-c2ccccc2O)c1. The zero-order valence-electron chi connectivity index (χ0n) is 7.59. The van der Waals surface area contributed by atoms with E-state index >= 15 is 0 Å². The van der Waals surface area contributed by atoms with Gasteiger partial charge in [0.1, 0.15) is 11.4 Å². The number of hydrogen-bond donors (Lipinski definition) is 2. The van der Waals surface area contributed by atoms with Gasteiger partial charge in [0, 0.05) is 18.3 Å². The van der Waals surface area contributed by atoms with Gasteiger partial charge in [0.25, 0.3) is 0 Å². The second kappa shape index (κ2) is 3.51. The molecule has 3 N–H and O–H groups in total. The lowest BCUT2D eigenvalue weighted by Gasteiger charge is -2.02. The minimum atomic E-state index is 0.208. The molecule has 1 heterocycles. The summed E-state index contributed by atoms with van der Waals surface area (Å²) in [5.41, 5.74) is 7.06. The first-order chi connectivity index (χ1) is 6.81. The molecule has 0 atom stereocenters. The zero-order chi connectivity index (χ0) is 9.97. The number of aromatic hydroxyl groups is 1. The number of rotatable bonds is 2. The van der Waals surface area contributed by atoms with Crippen molar-refractivity contribution in [2.24, 2.45) is 5.73 Å². The van der Waals surface area contributed by atoms with Crippen molar-refractivity contribution >= 4 is 0 Å². The van der Waals surface area contributed by atoms with Crippen LogP contribution in [0, 0.1) is 0 Å². The van der Waals surface area contributed by atoms with E-state index in [-0.39, 0.29) is 5.75 Å². The highest BCUT2D eigenvalue weighted by atomic mass is 16.3. The molecule has 0 amide bonds. The van der Waals surface area contributed by atoms with Crippen LogP contribution in [0.15, 0.2) is 36.7 Å². The van der Waals surface area contributed by atoms with Crippen LogP contribution in [-0.2, 0) is 6.54 Å². The van der Waals surface area contributed by atoms with Crippen molar-refractivity contribution in [3.8, 4) is 11.4 Å². The van der Waals surface area contributed by atoms with Crippen LogP contribution in [0.3, 0.4) is 0 Å². The Morgan fingerprint density at radius 3 is 2.79 bits per heavy atom. The van der Waals surface area contributed by atoms with Crippen LogP contribution in [0.4, 0.5) is 0 Å². The molecule has 72 valence electrons. The number of para-hydroxylation sites is 2. The molecule has 0 unspecified atom stereocenters. The molecule has 0 saturated carbocycles. The smallest absolute Gasteiger partial charge is 0.141 e. The fraction of sp³-hybridized carbons (Fsp3) is 0.100. The molecule has 0 fully saturated rings. The zero-order valence-corrected chi connectivity index (χ0v) is 7.59. The fourth-order valence-corrected chi connectivity index (χ4v) is 1.26. The molecular weight excluding hydrogens is 178 g/mol. The summed E-state index contributed by atoms with van der Waals surface area (Å²) >= 11 is 0. The van der Waals surface area contributed by atoms with Gasteiger partial charge in [0.2, 0.25) is 0 Å². The summed E-state index contributed by atoms with van der Waals surface area (Å²) in [5, 5.41) is 13.6. The van der Waals surface area contributed by atoms with Gasteiger partial charge in [0.05, 0.1) is 6.20 Å². The maximum Gasteiger partial charge on any atom is 0.141 e. The number of aromatic nitrogens is 2. The van der Waals surface area contributed by atoms with Crippen molar-refractivity contribution in [2.75, 3.05) is 0 Å². The van der Waals surface area contributed by atoms with Crippen molar-refractivity contribution in [3.63, 3.8) is 0 Å². The first-order valence-electron chi connectivity index (χ1n) is 4.33. The molecule has 0 spiro atoms. The number of benzene rings is 1. The lowest BCUT2D eigenvalue weighted by atomic mass is 10.3. The maximum atomic E-state index is 9.55. The number of phenols is 1. The summed E-state index contributed by atoms with van der Waals surface area (Å²) in [6.45, 7) is 0.452. The third-order valence-electron chi connectivity index (χ3n) is 2.00. The van der Waals surface area contributed by atoms with Crippen LogP contribution in [0.1, 0.15) is 5.56 Å². The highest BCUT2D eigenvalue weighted by Crippen LogP contribution is 2.19. The van der Waals surface area contributed by atoms with Crippen LogP contribution < -0.4 is 5.73 Å². The third-order valence-corrected chi connectivity index (χ3v) is 2.00. The van der Waals surface area contributed by atoms with E-state index in [1.165, 1.54) is 0 Å². The largest absolute Gasteiger partial charge is 0.506 e. The molecule has 0 aliphatic rings. The van der Waals surface area contributed by atoms with E-state index in [0.717, 1.165) is 5.56 Å². The predicted molar refractivity (Wildman–Crippen MR) is 53.1 cm³/mol. The highest BCUT2D eigenvalue weighted by molar-refractivity contribution is 5.44. The Morgan fingerprint density at radius 2 is 2.14 bits per heavy atom. The van der Waals surface area contributed by atoms with E-state index in [9.17, 15) is 5.11 Å². The van der Waals surface area contributed by atoms with Gasteiger partial charge >= 0.3 is 0 Å². The van der Waals surface area contributed by atoms with Crippen LogP contribution >= 0.6 is 0 Å². The second-order valence-electron chi connectivity index (χ2n) is 2.99. The molecule has 4 heteroatoms. The Morgan fingerprint density at radius 1 is 1.36 bits per heavy atom. The monoisotopic (exact) mass is 189 g/mol. The molecule has 2 aromatic rings. The minimum absolute atomic E-state index is 0.208. The van der Waals surface area contributed by atoms with Crippen molar-refractivity contribution in [3.05, 3.63) is 42.2 Å². The van der Waals surface area contributed by atoms with E-state index in [2.05, 4.69) is 5.10 Å². The average molecular weight is 189 g/mol. The van der Waals surface area contributed by atoms with Crippen molar-refractivity contribution in [1.29, 1.82) is 0 Å². The van der Waals surface area contributed by atoms with Crippen molar-refractivity contribution in [1.82, 2.24) is 9.78 Å². The third kappa shape index (κ3) is 1.47. The summed E-state index contributed by atoms with van der Waals surface area (Å²) in [6.07, 6.45) is 3.49. The van der Waals surface area contributed by atoms with Gasteiger partial charge < -0.3 is 10.8 Å². The molecule has 14 heavy (non-hydrogen) atoms. The maximum absolute atomic E-state index is 9.55. The number of nitrogens with zero attached hydrogens (tertiary/aromatic N) is 2. The molecule has 0 radical (unpaired) electrons. The average Bonchev–Trinajstić information content (AvgIpc) is 2.67. The van der Waals surface area contributed by atoms with Crippen molar-refractivity contribution in [2.45, 2.75) is 6.54 Å². The van der Waals surface area contributed by atoms with E-state index in [1.807, 2.05) is 6.07 Å². The molecule has 0 aliphatic carbocycles. The van der Waals surface area contributed by atoms with Crippen LogP contribution in [-0.4, -0.2) is 14.9 Å². The van der Waals surface area contributed by atoms with E-state index < -0.39 is 0 Å². The van der Waals surface area contributed by atoms with Gasteiger partial charge in [-0.25, -0.2) is 4.68 Å². The van der Waals surface area contributed by atoms with Crippen LogP contribution in [0.2, 0.25) is 0 Å². The van der Waals surface area contributed by atoms with Crippen molar-refractivity contribution < 1.29 is 5.11 Å². The van der Waals surface area contributed by atoms with Gasteiger partial charge in [0.15, 0.2) is 0 Å². The predicted octanol–water partition coefficient (Wildman–Crippen LogP) is 1.04. The fourth-order valence-electron chi connectivity index (χ4n) is 1.26. The first-order valence-corrected chi connectivity index (χ1v) is 4.33. The topological polar surface area (TPSA) is 64.1 Å². The van der Waals surface area contributed by atoms with Gasteiger partial charge in [-0.1, -0.05) is 12.1 Å². The molecule has 0 saturated heterocycles. The summed E-state index contributed by atoms with van der Waals surface area (Å²) in [4.78, 5) is 0. The molecule has 4 nitrogen and oxygen atoms in total. The first kappa shape index (κ1) is 8.77. The Bertz CT molecular complexity index is 436. The Hall–Kier alpha value is -1.81. The van der Waals surface area contributed by atoms with Crippen LogP contribution in [0.25, 0.3) is 5.69 Å². The van der Waals surface area contributed by atoms with E-state index in [4.69, 9.17) is 5.73 Å². The summed E-state index contributed by atoms with van der Waals surface area (Å²) in [6, 6.07) is 7.03. The van der Waals surface area contributed by atoms with E-state index in [0.29, 0.717) is 12.2 Å². The molecule has 0 aliphatic heterocycles. The van der Waals surface area contributed by atoms with Gasteiger partial charge in [-0.15, -0.1) is 0 Å². The Labute approximate surface area is 81.6 Å². The molecule has 2 rings (SSSR count). The molecule has 1 aromatic carbocycles. The summed E-state index contributed by atoms with van der Waals surface area (Å²) < 4.78 is 1.61. The lowest BCUT2D eigenvalue weighted by Crippen LogP contribution is -1.95. The number of hydrogen-bond acceptors (Lipinski definition) is 3. The molecular formula is C10H11N3O. The quantitative estimate of drug-likeness (QED) is 0.741. The molecule has 0 bridgehead atoms. The lowest BCUT2D eigenvalue weighted by molar-refractivity contribution is 0.470. The number of phenolic OH excluding ortho intramolecular Hbond substituents is 1. The molecule has 1 aromatic heterocycles. The van der Waals surface area contributed by atoms with Crippen LogP contribution in [0.5, 0.6) is 5.75 Å². The summed E-state index contributed by atoms with van der Waals surface area (Å²) in [7, 11) is 0. The highest BCUT2D eigenvalue weighted by Gasteiger charge is 2.03. The van der Waals surface area contributed by atoms with Gasteiger partial charge in [-0.05, 0) is 12.1 Å².